The SMILES string of the molecule is CCCSC1(CC2=[C]([Ti+2])CC=C2)CC=C(C)C=C1C(C)(C)C.[Cl-].[Cl-]. The molecule has 0 fully saturated rings. The average Bonchev–Trinajstić information content (AvgIpc) is 2.83. The Morgan fingerprint density at radius 1 is 1.25 bits per heavy atom. The molecule has 0 spiro atoms. The van der Waals surface area contributed by atoms with Crippen LogP contribution in [0.25, 0.3) is 0 Å². The van der Waals surface area contributed by atoms with Crippen LogP contribution in [0, 0.1) is 5.41 Å². The van der Waals surface area contributed by atoms with Gasteiger partial charge in [-0.25, -0.2) is 0 Å². The average molecular weight is 420 g/mol. The van der Waals surface area contributed by atoms with Crippen molar-refractivity contribution in [1.29, 1.82) is 0 Å². The Bertz CT molecular complexity index is 552. The number of allylic oxidation sites excluding steroid dienone is 7. The minimum absolute atomic E-state index is 0. The van der Waals surface area contributed by atoms with E-state index in [1.165, 1.54) is 30.6 Å². The number of thioether (sulfide) groups is 1. The van der Waals surface area contributed by atoms with Crippen LogP contribution in [0.3, 0.4) is 0 Å². The van der Waals surface area contributed by atoms with Gasteiger partial charge in [-0.2, -0.15) is 0 Å². The summed E-state index contributed by atoms with van der Waals surface area (Å²) in [5.41, 5.74) is 4.88. The number of hydrogen-bond acceptors (Lipinski definition) is 1. The number of halogens is 2. The van der Waals surface area contributed by atoms with E-state index in [2.05, 4.69) is 91.1 Å². The molecule has 0 radical (unpaired) electrons. The summed E-state index contributed by atoms with van der Waals surface area (Å²) in [5.74, 6) is 1.25. The van der Waals surface area contributed by atoms with E-state index in [1.54, 1.807) is 15.0 Å². The van der Waals surface area contributed by atoms with E-state index in [0.717, 1.165) is 6.42 Å². The quantitative estimate of drug-likeness (QED) is 0.579. The third kappa shape index (κ3) is 5.81. The molecule has 0 aliphatic heterocycles. The first-order chi connectivity index (χ1) is 10.3. The molecule has 2 rings (SSSR count). The van der Waals surface area contributed by atoms with Gasteiger partial charge in [0.2, 0.25) is 0 Å². The first kappa shape index (κ1) is 24.6. The standard InChI is InChI=1S/C20H29S.2ClH.Ti/c1-6-13-21-20(15-17-9-7-8-10-17)12-11-16(2)14-18(20)19(3,4)5;;;/h7,9,11,14H,6,8,12-13,15H2,1-5H3;2*1H;/q;;;+2/p-2. The second-order valence-corrected chi connectivity index (χ2v) is 10.0. The Labute approximate surface area is 177 Å². The van der Waals surface area contributed by atoms with Gasteiger partial charge in [0.1, 0.15) is 0 Å². The first-order valence-electron chi connectivity index (χ1n) is 8.42. The maximum Gasteiger partial charge on any atom is -1.00 e. The second-order valence-electron chi connectivity index (χ2n) is 7.59. The predicted octanol–water partition coefficient (Wildman–Crippen LogP) is 0.350. The Hall–Kier alpha value is 0.604. The third-order valence-electron chi connectivity index (χ3n) is 4.51. The van der Waals surface area contributed by atoms with Crippen LogP contribution in [0.2, 0.25) is 0 Å². The van der Waals surface area contributed by atoms with Gasteiger partial charge in [0.05, 0.1) is 0 Å². The van der Waals surface area contributed by atoms with Gasteiger partial charge in [-0.05, 0) is 0 Å². The zero-order chi connectivity index (χ0) is 16.4. The van der Waals surface area contributed by atoms with E-state index in [0.29, 0.717) is 0 Å². The summed E-state index contributed by atoms with van der Waals surface area (Å²) in [6.07, 6.45) is 14.4. The third-order valence-corrected chi connectivity index (χ3v) is 7.03. The molecule has 0 heterocycles. The molecule has 0 nitrogen and oxygen atoms in total. The monoisotopic (exact) mass is 419 g/mol. The molecule has 0 aromatic carbocycles. The molecule has 0 saturated heterocycles. The van der Waals surface area contributed by atoms with Crippen molar-refractivity contribution in [3.05, 3.63) is 44.9 Å². The molecule has 2 aliphatic rings. The van der Waals surface area contributed by atoms with Crippen LogP contribution in [0.4, 0.5) is 0 Å². The Morgan fingerprint density at radius 3 is 2.42 bits per heavy atom. The van der Waals surface area contributed by atoms with Crippen LogP contribution in [0.1, 0.15) is 60.3 Å². The van der Waals surface area contributed by atoms with Gasteiger partial charge in [-0.3, -0.25) is 0 Å². The summed E-state index contributed by atoms with van der Waals surface area (Å²) in [5, 5.41) is 0. The van der Waals surface area contributed by atoms with Crippen molar-refractivity contribution in [3.8, 4) is 0 Å². The molecular formula is C20H29Cl2STi. The largest absolute Gasteiger partial charge is 1.00 e. The summed E-state index contributed by atoms with van der Waals surface area (Å²) >= 11 is 4.49. The Kier molecular flexibility index (Phi) is 10.3. The van der Waals surface area contributed by atoms with Gasteiger partial charge in [0.15, 0.2) is 0 Å². The summed E-state index contributed by atoms with van der Waals surface area (Å²) in [4.78, 5) is 0. The summed E-state index contributed by atoms with van der Waals surface area (Å²) in [7, 11) is 0. The van der Waals surface area contributed by atoms with Crippen LogP contribution < -0.4 is 24.8 Å². The van der Waals surface area contributed by atoms with E-state index in [1.807, 2.05) is 0 Å². The van der Waals surface area contributed by atoms with Crippen molar-refractivity contribution in [3.63, 3.8) is 0 Å². The van der Waals surface area contributed by atoms with Gasteiger partial charge in [0, 0.05) is 0 Å². The number of hydrogen-bond donors (Lipinski definition) is 0. The molecule has 0 aromatic heterocycles. The van der Waals surface area contributed by atoms with Crippen LogP contribution in [-0.2, 0) is 20.4 Å². The topological polar surface area (TPSA) is 0 Å². The molecular weight excluding hydrogens is 391 g/mol. The predicted molar refractivity (Wildman–Crippen MR) is 96.8 cm³/mol. The zero-order valence-corrected chi connectivity index (χ0v) is 19.4. The van der Waals surface area contributed by atoms with E-state index in [-0.39, 0.29) is 35.0 Å². The molecule has 0 saturated carbocycles. The summed E-state index contributed by atoms with van der Waals surface area (Å²) in [6, 6.07) is 0. The van der Waals surface area contributed by atoms with Crippen LogP contribution in [0.15, 0.2) is 44.9 Å². The van der Waals surface area contributed by atoms with Gasteiger partial charge in [-0.1, -0.05) is 0 Å². The fourth-order valence-corrected chi connectivity index (χ4v) is 5.46. The van der Waals surface area contributed by atoms with E-state index in [4.69, 9.17) is 0 Å². The second kappa shape index (κ2) is 10.1. The molecule has 2 aliphatic carbocycles. The first-order valence-corrected chi connectivity index (χ1v) is 10.2. The van der Waals surface area contributed by atoms with E-state index >= 15 is 0 Å². The molecule has 24 heavy (non-hydrogen) atoms. The maximum absolute atomic E-state index is 2.47. The van der Waals surface area contributed by atoms with Crippen LogP contribution in [-0.4, -0.2) is 10.5 Å². The molecule has 0 N–H and O–H groups in total. The Morgan fingerprint density at radius 2 is 1.92 bits per heavy atom. The molecule has 133 valence electrons. The van der Waals surface area contributed by atoms with Gasteiger partial charge >= 0.3 is 153 Å². The number of rotatable bonds is 5. The van der Waals surface area contributed by atoms with Crippen molar-refractivity contribution in [1.82, 2.24) is 0 Å². The van der Waals surface area contributed by atoms with Crippen molar-refractivity contribution >= 4 is 11.8 Å². The fourth-order valence-electron chi connectivity index (χ4n) is 3.43. The van der Waals surface area contributed by atoms with Gasteiger partial charge in [0.25, 0.3) is 0 Å². The summed E-state index contributed by atoms with van der Waals surface area (Å²) < 4.78 is 1.81. The van der Waals surface area contributed by atoms with Gasteiger partial charge < -0.3 is 24.8 Å². The summed E-state index contributed by atoms with van der Waals surface area (Å²) in [6.45, 7) is 11.7. The minimum atomic E-state index is 0. The Balaban J connectivity index is 0.00000264. The minimum Gasteiger partial charge on any atom is -1.00 e. The molecule has 0 bridgehead atoms. The van der Waals surface area contributed by atoms with Crippen molar-refractivity contribution in [2.75, 3.05) is 5.75 Å². The van der Waals surface area contributed by atoms with Crippen molar-refractivity contribution < 1.29 is 45.2 Å². The maximum atomic E-state index is 2.47. The van der Waals surface area contributed by atoms with Crippen LogP contribution >= 0.6 is 11.8 Å². The van der Waals surface area contributed by atoms with E-state index in [9.17, 15) is 0 Å². The smallest absolute Gasteiger partial charge is 1.00 e. The molecule has 0 amide bonds. The van der Waals surface area contributed by atoms with Crippen LogP contribution in [0.5, 0.6) is 0 Å². The van der Waals surface area contributed by atoms with Gasteiger partial charge in [-0.15, -0.1) is 0 Å². The van der Waals surface area contributed by atoms with Crippen molar-refractivity contribution in [2.45, 2.75) is 65.0 Å². The fraction of sp³-hybridized carbons (Fsp3) is 0.600. The van der Waals surface area contributed by atoms with E-state index < -0.39 is 0 Å². The zero-order valence-electron chi connectivity index (χ0n) is 15.5. The molecule has 1 unspecified atom stereocenters. The molecule has 4 heteroatoms. The molecule has 0 aromatic rings. The normalized spacial score (nSPS) is 23.5. The van der Waals surface area contributed by atoms with Crippen molar-refractivity contribution in [2.24, 2.45) is 5.41 Å². The molecule has 1 atom stereocenters.